The summed E-state index contributed by atoms with van der Waals surface area (Å²) in [6.45, 7) is 1.91. The molecule has 0 bridgehead atoms. The lowest BCUT2D eigenvalue weighted by Crippen LogP contribution is -2.42. The van der Waals surface area contributed by atoms with Crippen LogP contribution in [0.3, 0.4) is 0 Å². The van der Waals surface area contributed by atoms with E-state index >= 15 is 0 Å². The van der Waals surface area contributed by atoms with Gasteiger partial charge in [-0.05, 0) is 25.3 Å². The standard InChI is InChI=1S/C12H18N2O2/c1-2-9(13)12(15)14-10-4-3-5-11-8(10)6-7-16-11/h6-7,9-10H,2-5,13H2,1H3,(H,14,15). The van der Waals surface area contributed by atoms with Crippen LogP contribution in [0, 0.1) is 0 Å². The average Bonchev–Trinajstić information content (AvgIpc) is 2.77. The van der Waals surface area contributed by atoms with Crippen molar-refractivity contribution in [2.75, 3.05) is 0 Å². The number of carbonyl (C=O) groups excluding carboxylic acids is 1. The first-order valence-corrected chi connectivity index (χ1v) is 5.84. The molecule has 1 aromatic rings. The van der Waals surface area contributed by atoms with Crippen LogP contribution in [0.5, 0.6) is 0 Å². The molecular weight excluding hydrogens is 204 g/mol. The van der Waals surface area contributed by atoms with Crippen LogP contribution >= 0.6 is 0 Å². The van der Waals surface area contributed by atoms with Crippen molar-refractivity contribution in [3.8, 4) is 0 Å². The van der Waals surface area contributed by atoms with Crippen molar-refractivity contribution < 1.29 is 9.21 Å². The lowest BCUT2D eigenvalue weighted by Gasteiger charge is -2.24. The molecular formula is C12H18N2O2. The van der Waals surface area contributed by atoms with E-state index in [1.165, 1.54) is 0 Å². The minimum Gasteiger partial charge on any atom is -0.469 e. The first-order chi connectivity index (χ1) is 7.72. The maximum Gasteiger partial charge on any atom is 0.237 e. The molecule has 0 fully saturated rings. The number of carbonyl (C=O) groups is 1. The molecule has 16 heavy (non-hydrogen) atoms. The summed E-state index contributed by atoms with van der Waals surface area (Å²) >= 11 is 0. The first-order valence-electron chi connectivity index (χ1n) is 5.84. The Hall–Kier alpha value is -1.29. The topological polar surface area (TPSA) is 68.3 Å². The van der Waals surface area contributed by atoms with Gasteiger partial charge >= 0.3 is 0 Å². The van der Waals surface area contributed by atoms with Gasteiger partial charge in [0.05, 0.1) is 18.3 Å². The minimum absolute atomic E-state index is 0.0680. The van der Waals surface area contributed by atoms with Crippen LogP contribution in [0.25, 0.3) is 0 Å². The zero-order chi connectivity index (χ0) is 11.5. The van der Waals surface area contributed by atoms with Gasteiger partial charge in [0.15, 0.2) is 0 Å². The van der Waals surface area contributed by atoms with Crippen LogP contribution in [0.15, 0.2) is 16.7 Å². The van der Waals surface area contributed by atoms with Crippen LogP contribution in [-0.4, -0.2) is 11.9 Å². The number of hydrogen-bond donors (Lipinski definition) is 2. The summed E-state index contributed by atoms with van der Waals surface area (Å²) in [4.78, 5) is 11.7. The molecule has 1 amide bonds. The van der Waals surface area contributed by atoms with E-state index in [2.05, 4.69) is 5.32 Å². The fraction of sp³-hybridized carbons (Fsp3) is 0.583. The van der Waals surface area contributed by atoms with E-state index < -0.39 is 6.04 Å². The van der Waals surface area contributed by atoms with E-state index in [1.54, 1.807) is 6.26 Å². The molecule has 2 atom stereocenters. The molecule has 2 rings (SSSR count). The van der Waals surface area contributed by atoms with E-state index in [0.29, 0.717) is 6.42 Å². The van der Waals surface area contributed by atoms with Gasteiger partial charge < -0.3 is 15.5 Å². The Labute approximate surface area is 95.2 Å². The highest BCUT2D eigenvalue weighted by atomic mass is 16.3. The third kappa shape index (κ3) is 2.11. The van der Waals surface area contributed by atoms with Gasteiger partial charge in [-0.15, -0.1) is 0 Å². The van der Waals surface area contributed by atoms with E-state index in [0.717, 1.165) is 30.6 Å². The highest BCUT2D eigenvalue weighted by molar-refractivity contribution is 5.81. The fourth-order valence-electron chi connectivity index (χ4n) is 2.10. The summed E-state index contributed by atoms with van der Waals surface area (Å²) in [6.07, 6.45) is 5.34. The molecule has 4 nitrogen and oxygen atoms in total. The van der Waals surface area contributed by atoms with E-state index in [1.807, 2.05) is 13.0 Å². The van der Waals surface area contributed by atoms with Gasteiger partial charge in [-0.2, -0.15) is 0 Å². The van der Waals surface area contributed by atoms with Crippen molar-refractivity contribution in [3.63, 3.8) is 0 Å². The second-order valence-electron chi connectivity index (χ2n) is 4.27. The third-order valence-electron chi connectivity index (χ3n) is 3.15. The largest absolute Gasteiger partial charge is 0.469 e. The highest BCUT2D eigenvalue weighted by Crippen LogP contribution is 2.30. The Morgan fingerprint density at radius 2 is 2.56 bits per heavy atom. The zero-order valence-corrected chi connectivity index (χ0v) is 9.53. The van der Waals surface area contributed by atoms with Gasteiger partial charge in [-0.3, -0.25) is 4.79 Å². The van der Waals surface area contributed by atoms with Crippen molar-refractivity contribution in [1.29, 1.82) is 0 Å². The molecule has 1 heterocycles. The molecule has 0 aliphatic heterocycles. The Balaban J connectivity index is 2.05. The number of hydrogen-bond acceptors (Lipinski definition) is 3. The number of fused-ring (bicyclic) bond motifs is 1. The molecule has 1 aliphatic rings. The molecule has 0 saturated heterocycles. The van der Waals surface area contributed by atoms with Crippen molar-refractivity contribution in [2.45, 2.75) is 44.7 Å². The van der Waals surface area contributed by atoms with E-state index in [9.17, 15) is 4.79 Å². The summed E-state index contributed by atoms with van der Waals surface area (Å²) in [5, 5.41) is 2.99. The van der Waals surface area contributed by atoms with E-state index in [-0.39, 0.29) is 11.9 Å². The van der Waals surface area contributed by atoms with Crippen LogP contribution in [0.1, 0.15) is 43.6 Å². The molecule has 0 radical (unpaired) electrons. The number of nitrogens with one attached hydrogen (secondary N) is 1. The second kappa shape index (κ2) is 4.70. The molecule has 3 N–H and O–H groups in total. The SMILES string of the molecule is CCC(N)C(=O)NC1CCCc2occc21. The Kier molecular flexibility index (Phi) is 3.29. The second-order valence-corrected chi connectivity index (χ2v) is 4.27. The van der Waals surface area contributed by atoms with Gasteiger partial charge in [0.2, 0.25) is 5.91 Å². The van der Waals surface area contributed by atoms with Gasteiger partial charge in [0.1, 0.15) is 5.76 Å². The smallest absolute Gasteiger partial charge is 0.237 e. The van der Waals surface area contributed by atoms with Gasteiger partial charge in [-0.1, -0.05) is 6.92 Å². The van der Waals surface area contributed by atoms with Crippen LogP contribution in [0.2, 0.25) is 0 Å². The summed E-state index contributed by atoms with van der Waals surface area (Å²) in [5.41, 5.74) is 6.81. The highest BCUT2D eigenvalue weighted by Gasteiger charge is 2.25. The average molecular weight is 222 g/mol. The minimum atomic E-state index is -0.405. The van der Waals surface area contributed by atoms with Crippen LogP contribution in [0.4, 0.5) is 0 Å². The lowest BCUT2D eigenvalue weighted by molar-refractivity contribution is -0.123. The Morgan fingerprint density at radius 3 is 3.31 bits per heavy atom. The van der Waals surface area contributed by atoms with E-state index in [4.69, 9.17) is 10.2 Å². The maximum atomic E-state index is 11.7. The molecule has 2 unspecified atom stereocenters. The monoisotopic (exact) mass is 222 g/mol. The fourth-order valence-corrected chi connectivity index (χ4v) is 2.10. The molecule has 88 valence electrons. The van der Waals surface area contributed by atoms with Crippen molar-refractivity contribution in [1.82, 2.24) is 5.32 Å². The van der Waals surface area contributed by atoms with Crippen molar-refractivity contribution in [2.24, 2.45) is 5.73 Å². The number of aryl methyl sites for hydroxylation is 1. The summed E-state index contributed by atoms with van der Waals surface area (Å²) in [7, 11) is 0. The van der Waals surface area contributed by atoms with Crippen LogP contribution < -0.4 is 11.1 Å². The predicted molar refractivity (Wildman–Crippen MR) is 60.8 cm³/mol. The molecule has 1 aliphatic carbocycles. The maximum absolute atomic E-state index is 11.7. The van der Waals surface area contributed by atoms with Crippen LogP contribution in [-0.2, 0) is 11.2 Å². The third-order valence-corrected chi connectivity index (χ3v) is 3.15. The quantitative estimate of drug-likeness (QED) is 0.814. The molecule has 0 aromatic carbocycles. The number of nitrogens with two attached hydrogens (primary N) is 1. The normalized spacial score (nSPS) is 21.2. The molecule has 0 spiro atoms. The number of amides is 1. The Morgan fingerprint density at radius 1 is 1.75 bits per heavy atom. The van der Waals surface area contributed by atoms with Crippen molar-refractivity contribution >= 4 is 5.91 Å². The number of furan rings is 1. The summed E-state index contributed by atoms with van der Waals surface area (Å²) in [6, 6.07) is 1.61. The Bertz CT molecular complexity index is 373. The zero-order valence-electron chi connectivity index (χ0n) is 9.53. The summed E-state index contributed by atoms with van der Waals surface area (Å²) in [5.74, 6) is 0.933. The van der Waals surface area contributed by atoms with Gasteiger partial charge in [0.25, 0.3) is 0 Å². The molecule has 0 saturated carbocycles. The van der Waals surface area contributed by atoms with Gasteiger partial charge in [-0.25, -0.2) is 0 Å². The van der Waals surface area contributed by atoms with Gasteiger partial charge in [0, 0.05) is 12.0 Å². The molecule has 1 aromatic heterocycles. The molecule has 4 heteroatoms. The summed E-state index contributed by atoms with van der Waals surface area (Å²) < 4.78 is 5.37. The predicted octanol–water partition coefficient (Wildman–Crippen LogP) is 1.51. The van der Waals surface area contributed by atoms with Crippen molar-refractivity contribution in [3.05, 3.63) is 23.7 Å². The number of rotatable bonds is 3. The first kappa shape index (κ1) is 11.2. The lowest BCUT2D eigenvalue weighted by atomic mass is 9.93.